The lowest BCUT2D eigenvalue weighted by atomic mass is 9.94. The van der Waals surface area contributed by atoms with Crippen molar-refractivity contribution < 1.29 is 9.90 Å². The summed E-state index contributed by atoms with van der Waals surface area (Å²) in [5.41, 5.74) is 0. The second kappa shape index (κ2) is 5.28. The number of aryl methyl sites for hydroxylation is 1. The van der Waals surface area contributed by atoms with E-state index in [1.165, 1.54) is 0 Å². The smallest absolute Gasteiger partial charge is 0.328 e. The van der Waals surface area contributed by atoms with Crippen molar-refractivity contribution in [1.29, 1.82) is 0 Å². The maximum atomic E-state index is 11.2. The molecule has 1 aromatic rings. The van der Waals surface area contributed by atoms with Crippen molar-refractivity contribution in [3.05, 3.63) is 11.6 Å². The zero-order valence-corrected chi connectivity index (χ0v) is 11.0. The predicted octanol–water partition coefficient (Wildman–Crippen LogP) is 0.782. The summed E-state index contributed by atoms with van der Waals surface area (Å²) in [6.45, 7) is 2.13. The number of nitrogens with zero attached hydrogens (tertiary/aromatic N) is 3. The fourth-order valence-electron chi connectivity index (χ4n) is 3.06. The summed E-state index contributed by atoms with van der Waals surface area (Å²) in [5, 5.41) is 17.0. The number of fused-ring (bicyclic) bond motifs is 1. The van der Waals surface area contributed by atoms with Gasteiger partial charge < -0.3 is 10.4 Å². The minimum Gasteiger partial charge on any atom is -0.480 e. The molecule has 1 aromatic heterocycles. The first-order valence-electron chi connectivity index (χ1n) is 7.12. The van der Waals surface area contributed by atoms with Crippen LogP contribution < -0.4 is 5.32 Å². The molecular weight excluding hydrogens is 244 g/mol. The molecule has 6 nitrogen and oxygen atoms in total. The van der Waals surface area contributed by atoms with E-state index >= 15 is 0 Å². The Hall–Kier alpha value is -1.43. The Morgan fingerprint density at radius 3 is 2.89 bits per heavy atom. The van der Waals surface area contributed by atoms with E-state index in [-0.39, 0.29) is 0 Å². The van der Waals surface area contributed by atoms with Crippen molar-refractivity contribution in [3.8, 4) is 0 Å². The van der Waals surface area contributed by atoms with Gasteiger partial charge in [-0.2, -0.15) is 5.10 Å². The molecule has 1 atom stereocenters. The number of carboxylic acids is 1. The molecule has 104 valence electrons. The summed E-state index contributed by atoms with van der Waals surface area (Å²) < 4.78 is 1.64. The Balaban J connectivity index is 1.75. The number of aliphatic carboxylic acids is 1. The standard InChI is InChI=1S/C13H20N4O2/c18-13(19)10-2-1-3-12-15-11(16-17(10)12)8-9-4-6-14-7-5-9/h9-10,14H,1-8H2,(H,18,19). The molecule has 1 saturated heterocycles. The Kier molecular flexibility index (Phi) is 3.50. The highest BCUT2D eigenvalue weighted by Crippen LogP contribution is 2.24. The molecule has 0 aromatic carbocycles. The molecular formula is C13H20N4O2. The molecule has 0 saturated carbocycles. The van der Waals surface area contributed by atoms with Crippen molar-refractivity contribution in [3.63, 3.8) is 0 Å². The number of piperidine rings is 1. The molecule has 19 heavy (non-hydrogen) atoms. The first kappa shape index (κ1) is 12.6. The van der Waals surface area contributed by atoms with Crippen LogP contribution in [0.25, 0.3) is 0 Å². The van der Waals surface area contributed by atoms with E-state index in [0.717, 1.165) is 56.8 Å². The fourth-order valence-corrected chi connectivity index (χ4v) is 3.06. The SMILES string of the molecule is O=C(O)C1CCCc2nc(CC3CCNCC3)nn21. The van der Waals surface area contributed by atoms with Gasteiger partial charge in [-0.1, -0.05) is 0 Å². The minimum atomic E-state index is -0.792. The van der Waals surface area contributed by atoms with E-state index in [1.54, 1.807) is 4.68 Å². The molecule has 0 spiro atoms. The van der Waals surface area contributed by atoms with Crippen molar-refractivity contribution in [2.24, 2.45) is 5.92 Å². The van der Waals surface area contributed by atoms with Gasteiger partial charge in [0.15, 0.2) is 11.9 Å². The maximum absolute atomic E-state index is 11.2. The molecule has 6 heteroatoms. The minimum absolute atomic E-state index is 0.516. The third-order valence-corrected chi connectivity index (χ3v) is 4.13. The monoisotopic (exact) mass is 264 g/mol. The van der Waals surface area contributed by atoms with Gasteiger partial charge >= 0.3 is 5.97 Å². The summed E-state index contributed by atoms with van der Waals surface area (Å²) in [6.07, 6.45) is 5.61. The lowest BCUT2D eigenvalue weighted by Gasteiger charge is -2.21. The number of aromatic nitrogens is 3. The summed E-state index contributed by atoms with van der Waals surface area (Å²) in [7, 11) is 0. The van der Waals surface area contributed by atoms with Crippen LogP contribution in [0.15, 0.2) is 0 Å². The average molecular weight is 264 g/mol. The Morgan fingerprint density at radius 1 is 1.37 bits per heavy atom. The molecule has 0 radical (unpaired) electrons. The van der Waals surface area contributed by atoms with Gasteiger partial charge in [-0.05, 0) is 44.7 Å². The van der Waals surface area contributed by atoms with Crippen molar-refractivity contribution in [2.75, 3.05) is 13.1 Å². The topological polar surface area (TPSA) is 80.0 Å². The third kappa shape index (κ3) is 2.63. The number of nitrogens with one attached hydrogen (secondary N) is 1. The molecule has 1 unspecified atom stereocenters. The molecule has 1 fully saturated rings. The van der Waals surface area contributed by atoms with Gasteiger partial charge in [-0.15, -0.1) is 0 Å². The Bertz CT molecular complexity index is 465. The molecule has 0 bridgehead atoms. The van der Waals surface area contributed by atoms with Gasteiger partial charge in [0.25, 0.3) is 0 Å². The lowest BCUT2D eigenvalue weighted by molar-refractivity contribution is -0.141. The Labute approximate surface area is 112 Å². The highest BCUT2D eigenvalue weighted by atomic mass is 16.4. The van der Waals surface area contributed by atoms with Crippen LogP contribution in [0.5, 0.6) is 0 Å². The van der Waals surface area contributed by atoms with E-state index in [2.05, 4.69) is 15.4 Å². The van der Waals surface area contributed by atoms with Crippen molar-refractivity contribution in [2.45, 2.75) is 44.6 Å². The van der Waals surface area contributed by atoms with Crippen LogP contribution in [0, 0.1) is 5.92 Å². The predicted molar refractivity (Wildman–Crippen MR) is 68.9 cm³/mol. The molecule has 2 N–H and O–H groups in total. The molecule has 2 aliphatic heterocycles. The first-order chi connectivity index (χ1) is 9.24. The molecule has 3 heterocycles. The highest BCUT2D eigenvalue weighted by Gasteiger charge is 2.29. The fraction of sp³-hybridized carbons (Fsp3) is 0.769. The van der Waals surface area contributed by atoms with Crippen LogP contribution in [-0.4, -0.2) is 38.9 Å². The van der Waals surface area contributed by atoms with Gasteiger partial charge in [0, 0.05) is 12.8 Å². The maximum Gasteiger partial charge on any atom is 0.328 e. The van der Waals surface area contributed by atoms with E-state index in [9.17, 15) is 9.90 Å². The summed E-state index contributed by atoms with van der Waals surface area (Å²) in [5.74, 6) is 1.52. The first-order valence-corrected chi connectivity index (χ1v) is 7.12. The van der Waals surface area contributed by atoms with Gasteiger partial charge in [0.2, 0.25) is 0 Å². The van der Waals surface area contributed by atoms with Crippen molar-refractivity contribution in [1.82, 2.24) is 20.1 Å². The quantitative estimate of drug-likeness (QED) is 0.843. The van der Waals surface area contributed by atoms with Gasteiger partial charge in [0.1, 0.15) is 5.82 Å². The van der Waals surface area contributed by atoms with Crippen molar-refractivity contribution >= 4 is 5.97 Å². The van der Waals surface area contributed by atoms with Crippen LogP contribution in [0.3, 0.4) is 0 Å². The second-order valence-electron chi connectivity index (χ2n) is 5.53. The van der Waals surface area contributed by atoms with Gasteiger partial charge in [-0.25, -0.2) is 14.5 Å². The summed E-state index contributed by atoms with van der Waals surface area (Å²) in [6, 6.07) is -0.516. The Morgan fingerprint density at radius 2 is 2.16 bits per heavy atom. The van der Waals surface area contributed by atoms with Crippen LogP contribution in [0.1, 0.15) is 43.4 Å². The van der Waals surface area contributed by atoms with Gasteiger partial charge in [0.05, 0.1) is 0 Å². The molecule has 3 rings (SSSR count). The van der Waals surface area contributed by atoms with Crippen LogP contribution in [-0.2, 0) is 17.6 Å². The van der Waals surface area contributed by atoms with Gasteiger partial charge in [-0.3, -0.25) is 0 Å². The van der Waals surface area contributed by atoms with E-state index in [0.29, 0.717) is 12.3 Å². The number of carboxylic acid groups (broad SMARTS) is 1. The number of hydrogen-bond acceptors (Lipinski definition) is 4. The van der Waals surface area contributed by atoms with E-state index in [1.807, 2.05) is 0 Å². The molecule has 2 aliphatic rings. The summed E-state index contributed by atoms with van der Waals surface area (Å²) in [4.78, 5) is 15.8. The summed E-state index contributed by atoms with van der Waals surface area (Å²) >= 11 is 0. The molecule has 0 amide bonds. The van der Waals surface area contributed by atoms with Crippen LogP contribution >= 0.6 is 0 Å². The second-order valence-corrected chi connectivity index (χ2v) is 5.53. The number of hydrogen-bond donors (Lipinski definition) is 2. The zero-order valence-electron chi connectivity index (χ0n) is 11.0. The highest BCUT2D eigenvalue weighted by molar-refractivity contribution is 5.71. The number of rotatable bonds is 3. The number of carbonyl (C=O) groups is 1. The zero-order chi connectivity index (χ0) is 13.2. The normalized spacial score (nSPS) is 24.1. The lowest BCUT2D eigenvalue weighted by Crippen LogP contribution is -2.29. The van der Waals surface area contributed by atoms with Crippen LogP contribution in [0.4, 0.5) is 0 Å². The largest absolute Gasteiger partial charge is 0.480 e. The van der Waals surface area contributed by atoms with E-state index in [4.69, 9.17) is 0 Å². The molecule has 0 aliphatic carbocycles. The van der Waals surface area contributed by atoms with E-state index < -0.39 is 12.0 Å². The third-order valence-electron chi connectivity index (χ3n) is 4.13. The van der Waals surface area contributed by atoms with Crippen LogP contribution in [0.2, 0.25) is 0 Å². The average Bonchev–Trinajstić information content (AvgIpc) is 2.81.